The molecule has 0 radical (unpaired) electrons. The van der Waals surface area contributed by atoms with Gasteiger partial charge in [-0.3, -0.25) is 0 Å². The Balaban J connectivity index is 1.33. The van der Waals surface area contributed by atoms with Gasteiger partial charge in [0.05, 0.1) is 28.3 Å². The Morgan fingerprint density at radius 2 is 0.735 bits per heavy atom. The first-order valence-corrected chi connectivity index (χ1v) is 19.4. The molecule has 264 valence electrons. The summed E-state index contributed by atoms with van der Waals surface area (Å²) in [5, 5.41) is 5.32. The van der Waals surface area contributed by atoms with E-state index in [1.54, 1.807) is 0 Å². The Hall–Kier alpha value is -3.67. The summed E-state index contributed by atoms with van der Waals surface area (Å²) in [6.07, 6.45) is 21.1. The molecule has 0 fully saturated rings. The first-order chi connectivity index (χ1) is 23.9. The topological polar surface area (TPSA) is 48.9 Å². The summed E-state index contributed by atoms with van der Waals surface area (Å²) in [6.45, 7) is 6.59. The van der Waals surface area contributed by atoms with Crippen molar-refractivity contribution in [3.05, 3.63) is 41.8 Å². The summed E-state index contributed by atoms with van der Waals surface area (Å²) in [4.78, 5) is 4.72. The van der Waals surface area contributed by atoms with Crippen LogP contribution in [0.4, 0.5) is 11.4 Å². The zero-order chi connectivity index (χ0) is 34.3. The minimum Gasteiger partial charge on any atom is -0.456 e. The quantitative estimate of drug-likeness (QED) is 0.0351. The minimum atomic E-state index is 0.840. The summed E-state index contributed by atoms with van der Waals surface area (Å²) in [5.74, 6) is 0. The molecule has 0 bridgehead atoms. The van der Waals surface area contributed by atoms with E-state index in [4.69, 9.17) is 13.3 Å². The van der Waals surface area contributed by atoms with Gasteiger partial charge in [-0.25, -0.2) is 4.58 Å². The molecule has 0 atom stereocenters. The van der Waals surface area contributed by atoms with Crippen molar-refractivity contribution in [3.8, 4) is 0 Å². The van der Waals surface area contributed by atoms with Crippen LogP contribution < -0.4 is 19.7 Å². The second kappa shape index (κ2) is 16.4. The maximum Gasteiger partial charge on any atom is 0.206 e. The summed E-state index contributed by atoms with van der Waals surface area (Å²) in [6, 6.07) is 13.1. The van der Waals surface area contributed by atoms with Gasteiger partial charge < -0.3 is 23.1 Å². The molecule has 0 N–H and O–H groups in total. The second-order valence-corrected chi connectivity index (χ2v) is 14.8. The molecule has 6 aromatic rings. The first-order valence-electron chi connectivity index (χ1n) is 19.4. The van der Waals surface area contributed by atoms with Gasteiger partial charge in [-0.1, -0.05) is 104 Å². The molecule has 49 heavy (non-hydrogen) atoms. The maximum absolute atomic E-state index is 6.83. The van der Waals surface area contributed by atoms with Crippen molar-refractivity contribution in [2.24, 2.45) is 0 Å². The van der Waals surface area contributed by atoms with Gasteiger partial charge in [-0.2, -0.15) is 0 Å². The lowest BCUT2D eigenvalue weighted by Gasteiger charge is -2.23. The van der Waals surface area contributed by atoms with Crippen molar-refractivity contribution in [3.63, 3.8) is 0 Å². The summed E-state index contributed by atoms with van der Waals surface area (Å²) >= 11 is 0. The highest BCUT2D eigenvalue weighted by atomic mass is 16.4. The van der Waals surface area contributed by atoms with Crippen molar-refractivity contribution < 1.29 is 13.3 Å². The van der Waals surface area contributed by atoms with E-state index in [0.717, 1.165) is 79.5 Å². The van der Waals surface area contributed by atoms with E-state index in [2.05, 4.69) is 92.8 Å². The van der Waals surface area contributed by atoms with E-state index in [-0.39, 0.29) is 0 Å². The number of benzene rings is 3. The average Bonchev–Trinajstić information content (AvgIpc) is 3.09. The van der Waals surface area contributed by atoms with Crippen LogP contribution in [-0.4, -0.2) is 41.3 Å². The van der Waals surface area contributed by atoms with Gasteiger partial charge in [0.25, 0.3) is 0 Å². The molecule has 3 heterocycles. The lowest BCUT2D eigenvalue weighted by Crippen LogP contribution is -2.21. The van der Waals surface area contributed by atoms with E-state index in [9.17, 15) is 0 Å². The van der Waals surface area contributed by atoms with Gasteiger partial charge in [0.1, 0.15) is 47.6 Å². The van der Waals surface area contributed by atoms with Crippen molar-refractivity contribution in [1.29, 1.82) is 0 Å². The molecule has 6 nitrogen and oxygen atoms in total. The molecule has 0 saturated heterocycles. The molecule has 0 aliphatic carbocycles. The highest BCUT2D eigenvalue weighted by molar-refractivity contribution is 6.32. The number of unbranched alkanes of at least 4 members (excludes halogenated alkanes) is 14. The van der Waals surface area contributed by atoms with Crippen molar-refractivity contribution in [2.75, 3.05) is 51.1 Å². The molecule has 0 amide bonds. The number of rotatable bonds is 20. The molecule has 6 rings (SSSR count). The van der Waals surface area contributed by atoms with Crippen LogP contribution >= 0.6 is 0 Å². The zero-order valence-electron chi connectivity index (χ0n) is 31.3. The Labute approximate surface area is 293 Å². The molecular formula is C43H60N3O3+. The van der Waals surface area contributed by atoms with Crippen LogP contribution in [-0.2, 0) is 0 Å². The highest BCUT2D eigenvalue weighted by Crippen LogP contribution is 2.46. The molecule has 0 saturated carbocycles. The molecule has 0 unspecified atom stereocenters. The van der Waals surface area contributed by atoms with Crippen LogP contribution in [0.15, 0.2) is 49.6 Å². The third-order valence-corrected chi connectivity index (χ3v) is 10.7. The molecule has 6 heteroatoms. The third-order valence-electron chi connectivity index (χ3n) is 10.7. The van der Waals surface area contributed by atoms with Gasteiger partial charge in [-0.15, -0.1) is 0 Å². The van der Waals surface area contributed by atoms with Crippen molar-refractivity contribution in [2.45, 2.75) is 117 Å². The fraction of sp³-hybridized carbons (Fsp3) is 0.558. The van der Waals surface area contributed by atoms with Crippen molar-refractivity contribution in [1.82, 2.24) is 4.58 Å². The number of hydrogen-bond acceptors (Lipinski definition) is 5. The molecular weight excluding hydrogens is 606 g/mol. The minimum absolute atomic E-state index is 0.840. The maximum atomic E-state index is 6.83. The summed E-state index contributed by atoms with van der Waals surface area (Å²) in [7, 11) is 8.53. The van der Waals surface area contributed by atoms with E-state index < -0.39 is 0 Å². The summed E-state index contributed by atoms with van der Waals surface area (Å²) in [5.41, 5.74) is 7.37. The fourth-order valence-electron chi connectivity index (χ4n) is 7.60. The van der Waals surface area contributed by atoms with Crippen molar-refractivity contribution >= 4 is 66.4 Å². The number of hydrogen-bond donors (Lipinski definition) is 0. The van der Waals surface area contributed by atoms with E-state index >= 15 is 0 Å². The van der Waals surface area contributed by atoms with E-state index in [1.165, 1.54) is 108 Å². The van der Waals surface area contributed by atoms with E-state index in [0.29, 0.717) is 0 Å². The Bertz CT molecular complexity index is 1890. The first kappa shape index (κ1) is 35.2. The average molecular weight is 667 g/mol. The fourth-order valence-corrected chi connectivity index (χ4v) is 7.60. The van der Waals surface area contributed by atoms with Crippen LogP contribution in [0.1, 0.15) is 117 Å². The Morgan fingerprint density at radius 1 is 0.429 bits per heavy atom. The smallest absolute Gasteiger partial charge is 0.206 e. The standard InChI is InChI=1S/C43H60N3O3/c1-7-9-11-13-15-17-19-21-23-45(5)32-27-36-41-38(29-32)49-39-30-33(46(6)24-22-20-18-16-14-12-10-8-2)28-37-42(39)43(41)40-34(47-36)25-31(44(3)4)26-35(40)48-37/h25-30H,7-24H2,1-6H3/q+1. The largest absolute Gasteiger partial charge is 0.456 e. The van der Waals surface area contributed by atoms with Gasteiger partial charge in [-0.05, 0) is 12.8 Å². The molecule has 0 aliphatic heterocycles. The van der Waals surface area contributed by atoms with Crippen LogP contribution in [0.25, 0.3) is 55.0 Å². The third kappa shape index (κ3) is 7.89. The lowest BCUT2D eigenvalue weighted by molar-refractivity contribution is 0.575. The molecule has 0 aliphatic rings. The SMILES string of the molecule is CCCCCCCCCCN(C)c1cc2oc3cc(N(C)CCCCCCCCCC)cc4oc5cc(=[N+](C)C)cc6oc(c1)c2c(c34)c65. The predicted molar refractivity (Wildman–Crippen MR) is 211 cm³/mol. The summed E-state index contributed by atoms with van der Waals surface area (Å²) < 4.78 is 22.4. The zero-order valence-corrected chi connectivity index (χ0v) is 31.3. The number of nitrogens with zero attached hydrogens (tertiary/aromatic N) is 3. The van der Waals surface area contributed by atoms with E-state index in [1.807, 2.05) is 0 Å². The van der Waals surface area contributed by atoms with Gasteiger partial charge >= 0.3 is 0 Å². The van der Waals surface area contributed by atoms with Gasteiger partial charge in [0.15, 0.2) is 0 Å². The van der Waals surface area contributed by atoms with Gasteiger partial charge in [0, 0.05) is 68.2 Å². The normalized spacial score (nSPS) is 12.1. The Morgan fingerprint density at radius 3 is 1.06 bits per heavy atom. The Kier molecular flexibility index (Phi) is 11.7. The van der Waals surface area contributed by atoms with Crippen LogP contribution in [0.5, 0.6) is 0 Å². The molecule has 0 spiro atoms. The molecule has 3 aromatic heterocycles. The second-order valence-electron chi connectivity index (χ2n) is 14.8. The number of anilines is 2. The van der Waals surface area contributed by atoms with Crippen LogP contribution in [0.2, 0.25) is 0 Å². The van der Waals surface area contributed by atoms with Gasteiger partial charge in [0.2, 0.25) is 5.36 Å². The monoisotopic (exact) mass is 666 g/mol. The highest BCUT2D eigenvalue weighted by Gasteiger charge is 2.24. The predicted octanol–water partition coefficient (Wildman–Crippen LogP) is 11.9. The molecule has 3 aromatic carbocycles. The van der Waals surface area contributed by atoms with Crippen LogP contribution in [0, 0.1) is 0 Å². The van der Waals surface area contributed by atoms with Crippen LogP contribution in [0.3, 0.4) is 0 Å². The lowest BCUT2D eigenvalue weighted by atomic mass is 9.98.